The monoisotopic (exact) mass is 266 g/mol. The summed E-state index contributed by atoms with van der Waals surface area (Å²) < 4.78 is 1.90. The second-order valence-electron chi connectivity index (χ2n) is 5.75. The van der Waals surface area contributed by atoms with Crippen LogP contribution in [0.1, 0.15) is 34.6 Å². The summed E-state index contributed by atoms with van der Waals surface area (Å²) in [6, 6.07) is -0.0375. The number of hydrogen-bond donors (Lipinski definition) is 1. The Morgan fingerprint density at radius 3 is 2.53 bits per heavy atom. The maximum atomic E-state index is 12.1. The number of carbonyl (C=O) groups is 1. The third-order valence-corrected chi connectivity index (χ3v) is 3.06. The molecule has 1 atom stereocenters. The molecule has 19 heavy (non-hydrogen) atoms. The molecule has 0 aliphatic carbocycles. The number of carbonyl (C=O) groups excluding carboxylic acids is 1. The van der Waals surface area contributed by atoms with Gasteiger partial charge in [-0.1, -0.05) is 13.8 Å². The van der Waals surface area contributed by atoms with Gasteiger partial charge in [0.25, 0.3) is 0 Å². The molecule has 1 heterocycles. The quantitative estimate of drug-likeness (QED) is 0.859. The fourth-order valence-corrected chi connectivity index (χ4v) is 1.78. The van der Waals surface area contributed by atoms with E-state index in [1.165, 1.54) is 0 Å². The summed E-state index contributed by atoms with van der Waals surface area (Å²) in [5.41, 5.74) is 0.888. The van der Waals surface area contributed by atoms with Crippen molar-refractivity contribution in [3.8, 4) is 0 Å². The number of anilines is 1. The van der Waals surface area contributed by atoms with Gasteiger partial charge in [-0.2, -0.15) is 5.10 Å². The van der Waals surface area contributed by atoms with Crippen molar-refractivity contribution in [1.82, 2.24) is 14.7 Å². The first-order valence-electron chi connectivity index (χ1n) is 6.87. The minimum Gasteiger partial charge on any atom is -0.371 e. The molecule has 0 bridgehead atoms. The maximum absolute atomic E-state index is 12.1. The number of aromatic nitrogens is 2. The molecule has 5 nitrogen and oxygen atoms in total. The van der Waals surface area contributed by atoms with Crippen LogP contribution < -0.4 is 5.32 Å². The Morgan fingerprint density at radius 2 is 2.00 bits per heavy atom. The highest BCUT2D eigenvalue weighted by molar-refractivity contribution is 5.84. The van der Waals surface area contributed by atoms with Crippen LogP contribution in [0.2, 0.25) is 0 Å². The molecule has 0 aliphatic heterocycles. The van der Waals surface area contributed by atoms with Gasteiger partial charge in [0, 0.05) is 25.8 Å². The molecule has 0 saturated heterocycles. The molecular formula is C14H26N4O. The molecule has 1 aromatic rings. The molecule has 0 spiro atoms. The molecule has 0 aliphatic rings. The van der Waals surface area contributed by atoms with Crippen LogP contribution in [0, 0.1) is 5.92 Å². The highest BCUT2D eigenvalue weighted by atomic mass is 16.2. The summed E-state index contributed by atoms with van der Waals surface area (Å²) in [6.07, 6.45) is 3.71. The molecule has 5 heteroatoms. The third-order valence-electron chi connectivity index (χ3n) is 3.06. The number of hydrogen-bond acceptors (Lipinski definition) is 3. The molecule has 0 aromatic carbocycles. The van der Waals surface area contributed by atoms with Crippen LogP contribution in [-0.4, -0.2) is 39.7 Å². The smallest absolute Gasteiger partial charge is 0.244 e. The fraction of sp³-hybridized carbons (Fsp3) is 0.714. The standard InChI is InChI=1S/C14H26N4O/c1-10(2)8-18-9-13(7-15-18)16-12(5)14(19)17(6)11(3)4/h7,9-12,16H,8H2,1-6H3. The van der Waals surface area contributed by atoms with Gasteiger partial charge in [-0.3, -0.25) is 9.48 Å². The van der Waals surface area contributed by atoms with E-state index in [9.17, 15) is 4.79 Å². The van der Waals surface area contributed by atoms with E-state index in [0.717, 1.165) is 12.2 Å². The van der Waals surface area contributed by atoms with Gasteiger partial charge >= 0.3 is 0 Å². The largest absolute Gasteiger partial charge is 0.371 e. The van der Waals surface area contributed by atoms with Crippen molar-refractivity contribution in [2.45, 2.75) is 53.2 Å². The highest BCUT2D eigenvalue weighted by Crippen LogP contribution is 2.10. The fourth-order valence-electron chi connectivity index (χ4n) is 1.78. The number of nitrogens with zero attached hydrogens (tertiary/aromatic N) is 3. The van der Waals surface area contributed by atoms with Gasteiger partial charge in [0.05, 0.1) is 11.9 Å². The molecule has 0 radical (unpaired) electrons. The molecule has 1 N–H and O–H groups in total. The molecule has 1 amide bonds. The third kappa shape index (κ3) is 4.58. The van der Waals surface area contributed by atoms with Crippen molar-refractivity contribution in [2.75, 3.05) is 12.4 Å². The summed E-state index contributed by atoms with van der Waals surface area (Å²) in [6.45, 7) is 11.1. The minimum absolute atomic E-state index is 0.0895. The van der Waals surface area contributed by atoms with E-state index in [2.05, 4.69) is 24.3 Å². The average molecular weight is 266 g/mol. The lowest BCUT2D eigenvalue weighted by molar-refractivity contribution is -0.131. The average Bonchev–Trinajstić information content (AvgIpc) is 2.73. The molecule has 0 fully saturated rings. The van der Waals surface area contributed by atoms with Crippen molar-refractivity contribution < 1.29 is 4.79 Å². The van der Waals surface area contributed by atoms with E-state index in [0.29, 0.717) is 5.92 Å². The van der Waals surface area contributed by atoms with Crippen LogP contribution in [0.5, 0.6) is 0 Å². The van der Waals surface area contributed by atoms with Crippen molar-refractivity contribution in [3.05, 3.63) is 12.4 Å². The lowest BCUT2D eigenvalue weighted by atomic mass is 10.2. The van der Waals surface area contributed by atoms with Crippen LogP contribution in [0.25, 0.3) is 0 Å². The molecule has 1 aromatic heterocycles. The maximum Gasteiger partial charge on any atom is 0.244 e. The summed E-state index contributed by atoms with van der Waals surface area (Å²) in [4.78, 5) is 13.9. The Bertz CT molecular complexity index is 411. The highest BCUT2D eigenvalue weighted by Gasteiger charge is 2.19. The number of amides is 1. The molecular weight excluding hydrogens is 240 g/mol. The summed E-state index contributed by atoms with van der Waals surface area (Å²) in [7, 11) is 1.83. The van der Waals surface area contributed by atoms with E-state index >= 15 is 0 Å². The van der Waals surface area contributed by atoms with Crippen molar-refractivity contribution in [3.63, 3.8) is 0 Å². The minimum atomic E-state index is -0.246. The number of rotatable bonds is 6. The first-order valence-corrected chi connectivity index (χ1v) is 6.87. The normalized spacial score (nSPS) is 12.8. The topological polar surface area (TPSA) is 50.2 Å². The second kappa shape index (κ2) is 6.59. The molecule has 0 saturated carbocycles. The Labute approximate surface area is 116 Å². The Hall–Kier alpha value is -1.52. The van der Waals surface area contributed by atoms with Crippen molar-refractivity contribution >= 4 is 11.6 Å². The van der Waals surface area contributed by atoms with Crippen LogP contribution in [-0.2, 0) is 11.3 Å². The zero-order valence-corrected chi connectivity index (χ0v) is 12.8. The number of nitrogens with one attached hydrogen (secondary N) is 1. The van der Waals surface area contributed by atoms with Crippen LogP contribution in [0.4, 0.5) is 5.69 Å². The van der Waals surface area contributed by atoms with Gasteiger partial charge in [-0.25, -0.2) is 0 Å². The van der Waals surface area contributed by atoms with Crippen molar-refractivity contribution in [1.29, 1.82) is 0 Å². The summed E-state index contributed by atoms with van der Waals surface area (Å²) in [5, 5.41) is 7.47. The van der Waals surface area contributed by atoms with E-state index in [4.69, 9.17) is 0 Å². The number of likely N-dealkylation sites (N-methyl/N-ethyl adjacent to an activating group) is 1. The SMILES string of the molecule is CC(C)Cn1cc(NC(C)C(=O)N(C)C(C)C)cn1. The molecule has 1 rings (SSSR count). The Morgan fingerprint density at radius 1 is 1.37 bits per heavy atom. The van der Waals surface area contributed by atoms with E-state index < -0.39 is 0 Å². The second-order valence-corrected chi connectivity index (χ2v) is 5.75. The Kier molecular flexibility index (Phi) is 5.39. The van der Waals surface area contributed by atoms with Gasteiger partial charge in [-0.05, 0) is 26.7 Å². The predicted octanol–water partition coefficient (Wildman–Crippen LogP) is 2.21. The molecule has 108 valence electrons. The van der Waals surface area contributed by atoms with Gasteiger partial charge in [-0.15, -0.1) is 0 Å². The lowest BCUT2D eigenvalue weighted by Gasteiger charge is -2.25. The zero-order chi connectivity index (χ0) is 14.6. The van der Waals surface area contributed by atoms with Crippen LogP contribution >= 0.6 is 0 Å². The van der Waals surface area contributed by atoms with E-state index in [-0.39, 0.29) is 18.0 Å². The van der Waals surface area contributed by atoms with E-state index in [1.54, 1.807) is 11.1 Å². The molecule has 1 unspecified atom stereocenters. The van der Waals surface area contributed by atoms with Gasteiger partial charge in [0.1, 0.15) is 6.04 Å². The van der Waals surface area contributed by atoms with Gasteiger partial charge in [0.15, 0.2) is 0 Å². The zero-order valence-electron chi connectivity index (χ0n) is 12.8. The van der Waals surface area contributed by atoms with E-state index in [1.807, 2.05) is 38.7 Å². The Balaban J connectivity index is 2.59. The predicted molar refractivity (Wildman–Crippen MR) is 78.1 cm³/mol. The first-order chi connectivity index (χ1) is 8.81. The first kappa shape index (κ1) is 15.5. The van der Waals surface area contributed by atoms with Crippen molar-refractivity contribution in [2.24, 2.45) is 5.92 Å². The lowest BCUT2D eigenvalue weighted by Crippen LogP contribution is -2.42. The van der Waals surface area contributed by atoms with Gasteiger partial charge in [0.2, 0.25) is 5.91 Å². The van der Waals surface area contributed by atoms with Crippen LogP contribution in [0.15, 0.2) is 12.4 Å². The van der Waals surface area contributed by atoms with Crippen LogP contribution in [0.3, 0.4) is 0 Å². The van der Waals surface area contributed by atoms with Gasteiger partial charge < -0.3 is 10.2 Å². The summed E-state index contributed by atoms with van der Waals surface area (Å²) in [5.74, 6) is 0.644. The summed E-state index contributed by atoms with van der Waals surface area (Å²) >= 11 is 0.